The number of rotatable bonds is 1. The number of anilines is 1. The highest BCUT2D eigenvalue weighted by Crippen LogP contribution is 2.29. The minimum Gasteiger partial charge on any atom is -0.364 e. The summed E-state index contributed by atoms with van der Waals surface area (Å²) in [4.78, 5) is 6.11. The first kappa shape index (κ1) is 9.09. The normalized spacial score (nSPS) is 28.8. The van der Waals surface area contributed by atoms with E-state index >= 15 is 0 Å². The fourth-order valence-corrected chi connectivity index (χ4v) is 2.58. The molecule has 3 rings (SSSR count). The molecule has 0 amide bonds. The van der Waals surface area contributed by atoms with Gasteiger partial charge in [0.2, 0.25) is 5.95 Å². The number of aromatic nitrogens is 1. The summed E-state index contributed by atoms with van der Waals surface area (Å²) < 4.78 is 13.0. The van der Waals surface area contributed by atoms with E-state index in [-0.39, 0.29) is 5.95 Å². The van der Waals surface area contributed by atoms with Crippen molar-refractivity contribution in [3.63, 3.8) is 0 Å². The predicted molar refractivity (Wildman–Crippen MR) is 56.5 cm³/mol. The molecule has 3 nitrogen and oxygen atoms in total. The molecule has 0 saturated carbocycles. The molecular weight excluding hydrogens is 193 g/mol. The van der Waals surface area contributed by atoms with Crippen molar-refractivity contribution in [2.75, 3.05) is 18.0 Å². The molecule has 15 heavy (non-hydrogen) atoms. The molecule has 4 heteroatoms. The molecule has 2 fully saturated rings. The summed E-state index contributed by atoms with van der Waals surface area (Å²) >= 11 is 0. The first-order valence-electron chi connectivity index (χ1n) is 5.36. The first-order chi connectivity index (χ1) is 7.24. The van der Waals surface area contributed by atoms with Crippen molar-refractivity contribution >= 4 is 5.69 Å². The van der Waals surface area contributed by atoms with E-state index in [1.165, 1.54) is 6.42 Å². The average Bonchev–Trinajstić information content (AvgIpc) is 2.83. The summed E-state index contributed by atoms with van der Waals surface area (Å²) in [7, 11) is 0. The maximum absolute atomic E-state index is 13.0. The Morgan fingerprint density at radius 1 is 1.60 bits per heavy atom. The Kier molecular flexibility index (Phi) is 1.92. The van der Waals surface area contributed by atoms with Gasteiger partial charge in [0.1, 0.15) is 0 Å². The lowest BCUT2D eigenvalue weighted by molar-refractivity contribution is 0.565. The Labute approximate surface area is 88.3 Å². The van der Waals surface area contributed by atoms with Gasteiger partial charge in [-0.05, 0) is 19.4 Å². The molecule has 1 aromatic heterocycles. The van der Waals surface area contributed by atoms with Crippen molar-refractivity contribution in [1.82, 2.24) is 10.3 Å². The summed E-state index contributed by atoms with van der Waals surface area (Å²) in [6.07, 6.45) is 2.85. The zero-order valence-electron chi connectivity index (χ0n) is 8.70. The number of fused-ring (bicyclic) bond motifs is 2. The number of hydrogen-bond acceptors (Lipinski definition) is 3. The minimum absolute atomic E-state index is 0.360. The van der Waals surface area contributed by atoms with Gasteiger partial charge in [-0.2, -0.15) is 4.39 Å². The van der Waals surface area contributed by atoms with Crippen LogP contribution in [0.4, 0.5) is 10.1 Å². The second-order valence-corrected chi connectivity index (χ2v) is 4.45. The Bertz CT molecular complexity index is 393. The molecule has 2 aliphatic rings. The third-order valence-corrected chi connectivity index (χ3v) is 3.39. The van der Waals surface area contributed by atoms with E-state index in [4.69, 9.17) is 0 Å². The topological polar surface area (TPSA) is 28.2 Å². The highest BCUT2D eigenvalue weighted by molar-refractivity contribution is 5.49. The smallest absolute Gasteiger partial charge is 0.215 e. The van der Waals surface area contributed by atoms with Gasteiger partial charge in [-0.25, -0.2) is 4.98 Å². The van der Waals surface area contributed by atoms with Crippen LogP contribution >= 0.6 is 0 Å². The molecule has 80 valence electrons. The zero-order chi connectivity index (χ0) is 10.4. The van der Waals surface area contributed by atoms with Gasteiger partial charge in [-0.15, -0.1) is 0 Å². The van der Waals surface area contributed by atoms with Crippen molar-refractivity contribution in [3.05, 3.63) is 23.8 Å². The van der Waals surface area contributed by atoms with E-state index in [2.05, 4.69) is 15.2 Å². The summed E-state index contributed by atoms with van der Waals surface area (Å²) in [5, 5.41) is 3.45. The van der Waals surface area contributed by atoms with Crippen LogP contribution in [-0.4, -0.2) is 30.2 Å². The lowest BCUT2D eigenvalue weighted by Crippen LogP contribution is -2.43. The lowest BCUT2D eigenvalue weighted by Gasteiger charge is -2.29. The van der Waals surface area contributed by atoms with Crippen LogP contribution in [0.3, 0.4) is 0 Å². The molecule has 3 heterocycles. The molecule has 0 unspecified atom stereocenters. The molecule has 0 spiro atoms. The fraction of sp³-hybridized carbons (Fsp3) is 0.545. The van der Waals surface area contributed by atoms with Gasteiger partial charge < -0.3 is 10.2 Å². The maximum Gasteiger partial charge on any atom is 0.215 e. The third-order valence-electron chi connectivity index (χ3n) is 3.39. The Morgan fingerprint density at radius 2 is 2.47 bits per heavy atom. The Balaban J connectivity index is 1.90. The number of pyridine rings is 1. The highest BCUT2D eigenvalue weighted by Gasteiger charge is 2.37. The molecule has 0 aliphatic carbocycles. The first-order valence-corrected chi connectivity index (χ1v) is 5.36. The quantitative estimate of drug-likeness (QED) is 0.698. The maximum atomic E-state index is 13.0. The van der Waals surface area contributed by atoms with Crippen LogP contribution in [0.15, 0.2) is 12.3 Å². The molecule has 2 saturated heterocycles. The predicted octanol–water partition coefficient (Wildman–Crippen LogP) is 1.08. The minimum atomic E-state index is -0.360. The van der Waals surface area contributed by atoms with Gasteiger partial charge >= 0.3 is 0 Å². The molecule has 0 radical (unpaired) electrons. The lowest BCUT2D eigenvalue weighted by atomic mass is 10.2. The molecule has 2 aliphatic heterocycles. The second-order valence-electron chi connectivity index (χ2n) is 4.45. The van der Waals surface area contributed by atoms with Crippen LogP contribution in [0.2, 0.25) is 0 Å². The van der Waals surface area contributed by atoms with E-state index in [1.807, 2.05) is 6.07 Å². The van der Waals surface area contributed by atoms with Crippen LogP contribution in [-0.2, 0) is 0 Å². The van der Waals surface area contributed by atoms with E-state index in [9.17, 15) is 4.39 Å². The third kappa shape index (κ3) is 1.40. The molecular formula is C11H14FN3. The Hall–Kier alpha value is -1.16. The number of hydrogen-bond donors (Lipinski definition) is 1. The van der Waals surface area contributed by atoms with Crippen LogP contribution in [0.25, 0.3) is 0 Å². The number of piperazine rings is 1. The summed E-state index contributed by atoms with van der Waals surface area (Å²) in [6.45, 7) is 3.83. The van der Waals surface area contributed by atoms with Crippen molar-refractivity contribution in [1.29, 1.82) is 0 Å². The van der Waals surface area contributed by atoms with Gasteiger partial charge in [0.25, 0.3) is 0 Å². The van der Waals surface area contributed by atoms with Crippen LogP contribution < -0.4 is 10.2 Å². The highest BCUT2D eigenvalue weighted by atomic mass is 19.1. The van der Waals surface area contributed by atoms with E-state index in [1.54, 1.807) is 13.1 Å². The van der Waals surface area contributed by atoms with Crippen molar-refractivity contribution in [3.8, 4) is 0 Å². The largest absolute Gasteiger partial charge is 0.364 e. The van der Waals surface area contributed by atoms with E-state index in [0.717, 1.165) is 18.8 Å². The SMILES string of the molecule is Cc1cc(N2C[C@@H]3C[C@H]2CN3)cnc1F. The average molecular weight is 207 g/mol. The summed E-state index contributed by atoms with van der Waals surface area (Å²) in [5.41, 5.74) is 1.69. The van der Waals surface area contributed by atoms with Crippen molar-refractivity contribution < 1.29 is 4.39 Å². The number of nitrogens with zero attached hydrogens (tertiary/aromatic N) is 2. The van der Waals surface area contributed by atoms with Gasteiger partial charge in [-0.1, -0.05) is 0 Å². The standard InChI is InChI=1S/C11H14FN3/c1-7-2-9(5-14-11(7)12)15-6-8-3-10(15)4-13-8/h2,5,8,10,13H,3-4,6H2,1H3/t8-,10-/m0/s1. The van der Waals surface area contributed by atoms with Crippen molar-refractivity contribution in [2.45, 2.75) is 25.4 Å². The molecule has 2 bridgehead atoms. The number of nitrogens with one attached hydrogen (secondary N) is 1. The summed E-state index contributed by atoms with van der Waals surface area (Å²) in [6, 6.07) is 3.07. The zero-order valence-corrected chi connectivity index (χ0v) is 8.70. The van der Waals surface area contributed by atoms with Gasteiger partial charge in [0.15, 0.2) is 0 Å². The van der Waals surface area contributed by atoms with Gasteiger partial charge in [-0.3, -0.25) is 0 Å². The van der Waals surface area contributed by atoms with Gasteiger partial charge in [0.05, 0.1) is 11.9 Å². The molecule has 0 aromatic carbocycles. The van der Waals surface area contributed by atoms with Crippen LogP contribution in [0.5, 0.6) is 0 Å². The monoisotopic (exact) mass is 207 g/mol. The Morgan fingerprint density at radius 3 is 3.07 bits per heavy atom. The number of aryl methyl sites for hydroxylation is 1. The fourth-order valence-electron chi connectivity index (χ4n) is 2.58. The second kappa shape index (κ2) is 3.17. The van der Waals surface area contributed by atoms with E-state index in [0.29, 0.717) is 17.6 Å². The summed E-state index contributed by atoms with van der Waals surface area (Å²) in [5.74, 6) is -0.360. The molecule has 1 N–H and O–H groups in total. The molecule has 2 atom stereocenters. The number of halogens is 1. The van der Waals surface area contributed by atoms with Crippen LogP contribution in [0, 0.1) is 12.9 Å². The van der Waals surface area contributed by atoms with Gasteiger partial charge in [0, 0.05) is 30.7 Å². The van der Waals surface area contributed by atoms with Crippen molar-refractivity contribution in [2.24, 2.45) is 0 Å². The van der Waals surface area contributed by atoms with Crippen LogP contribution in [0.1, 0.15) is 12.0 Å². The molecule has 1 aromatic rings. The van der Waals surface area contributed by atoms with E-state index < -0.39 is 0 Å².